The van der Waals surface area contributed by atoms with Gasteiger partial charge in [0.2, 0.25) is 0 Å². The Hall–Kier alpha value is -5.96. The number of aryl methyl sites for hydroxylation is 2. The van der Waals surface area contributed by atoms with Crippen molar-refractivity contribution in [2.75, 3.05) is 0 Å². The summed E-state index contributed by atoms with van der Waals surface area (Å²) in [4.78, 5) is 0. The first-order valence-corrected chi connectivity index (χ1v) is 22.3. The number of hydrogen-bond acceptors (Lipinski definition) is 0. The van der Waals surface area contributed by atoms with Gasteiger partial charge in [0, 0.05) is 73.2 Å². The van der Waals surface area contributed by atoms with Crippen molar-refractivity contribution in [2.24, 2.45) is 0 Å². The molecule has 0 N–H and O–H groups in total. The Labute approximate surface area is 351 Å². The third-order valence-electron chi connectivity index (χ3n) is 13.5. The van der Waals surface area contributed by atoms with Crippen molar-refractivity contribution in [1.29, 1.82) is 0 Å². The Morgan fingerprint density at radius 3 is 1.17 bits per heavy atom. The van der Waals surface area contributed by atoms with Crippen LogP contribution >= 0.6 is 0 Å². The number of hydrogen-bond donors (Lipinski definition) is 0. The lowest BCUT2D eigenvalue weighted by Crippen LogP contribution is -2.25. The first kappa shape index (κ1) is 38.6. The van der Waals surface area contributed by atoms with Gasteiger partial charge in [-0.1, -0.05) is 114 Å². The maximum Gasteiger partial charge on any atom is 0.0492 e. The Morgan fingerprint density at radius 2 is 0.780 bits per heavy atom. The molecule has 0 atom stereocenters. The number of terminal acetylenes is 2. The van der Waals surface area contributed by atoms with Crippen molar-refractivity contribution < 1.29 is 0 Å². The molecule has 2 heterocycles. The summed E-state index contributed by atoms with van der Waals surface area (Å²) >= 11 is 0. The van der Waals surface area contributed by atoms with Gasteiger partial charge in [-0.15, -0.1) is 12.8 Å². The van der Waals surface area contributed by atoms with E-state index in [1.54, 1.807) is 0 Å². The molecule has 0 saturated carbocycles. The van der Waals surface area contributed by atoms with Gasteiger partial charge >= 0.3 is 0 Å². The van der Waals surface area contributed by atoms with E-state index < -0.39 is 0 Å². The maximum atomic E-state index is 5.92. The summed E-state index contributed by atoms with van der Waals surface area (Å²) in [6.07, 6.45) is 23.6. The van der Waals surface area contributed by atoms with Gasteiger partial charge in [0.15, 0.2) is 0 Å². The van der Waals surface area contributed by atoms with E-state index in [2.05, 4.69) is 158 Å². The third kappa shape index (κ3) is 6.46. The van der Waals surface area contributed by atoms with E-state index in [0.29, 0.717) is 0 Å². The van der Waals surface area contributed by atoms with E-state index in [0.717, 1.165) is 49.9 Å². The molecule has 0 saturated heterocycles. The largest absolute Gasteiger partial charge is 0.340 e. The van der Waals surface area contributed by atoms with Gasteiger partial charge < -0.3 is 9.13 Å². The minimum atomic E-state index is 0.0122. The van der Waals surface area contributed by atoms with Gasteiger partial charge in [-0.05, 0) is 143 Å². The van der Waals surface area contributed by atoms with Crippen molar-refractivity contribution in [1.82, 2.24) is 9.13 Å². The average Bonchev–Trinajstić information content (AvgIpc) is 3.87. The van der Waals surface area contributed by atoms with E-state index in [1.807, 2.05) is 0 Å². The van der Waals surface area contributed by atoms with Crippen LogP contribution in [0.4, 0.5) is 0 Å². The molecule has 0 aliphatic heterocycles. The topological polar surface area (TPSA) is 9.86 Å². The Kier molecular flexibility index (Phi) is 10.5. The van der Waals surface area contributed by atoms with Crippen LogP contribution in [0.5, 0.6) is 0 Å². The molecule has 0 bridgehead atoms. The summed E-state index contributed by atoms with van der Waals surface area (Å²) in [6.45, 7) is 11.2. The number of rotatable bonds is 14. The Bertz CT molecular complexity index is 2760. The highest BCUT2D eigenvalue weighted by Gasteiger charge is 2.42. The number of fused-ring (bicyclic) bond motifs is 9. The predicted molar refractivity (Wildman–Crippen MR) is 254 cm³/mol. The summed E-state index contributed by atoms with van der Waals surface area (Å²) in [5, 5.41) is 5.03. The van der Waals surface area contributed by atoms with Crippen molar-refractivity contribution in [3.05, 3.63) is 131 Å². The zero-order valence-corrected chi connectivity index (χ0v) is 35.4. The first-order valence-electron chi connectivity index (χ1n) is 22.3. The summed E-state index contributed by atoms with van der Waals surface area (Å²) in [7, 11) is 0. The Morgan fingerprint density at radius 1 is 0.424 bits per heavy atom. The van der Waals surface area contributed by atoms with Crippen LogP contribution in [0.15, 0.2) is 109 Å². The maximum absolute atomic E-state index is 5.92. The molecule has 59 heavy (non-hydrogen) atoms. The van der Waals surface area contributed by atoms with E-state index in [4.69, 9.17) is 12.8 Å². The minimum absolute atomic E-state index is 0.0122. The van der Waals surface area contributed by atoms with Crippen LogP contribution in [0.2, 0.25) is 0 Å². The smallest absolute Gasteiger partial charge is 0.0492 e. The summed E-state index contributed by atoms with van der Waals surface area (Å²) < 4.78 is 4.98. The second-order valence-electron chi connectivity index (χ2n) is 17.0. The normalized spacial score (nSPS) is 13.0. The molecule has 1 aliphatic carbocycles. The lowest BCUT2D eigenvalue weighted by Gasteiger charge is -2.32. The van der Waals surface area contributed by atoms with Crippen LogP contribution in [0.25, 0.3) is 77.0 Å². The fraction of sp³-hybridized carbons (Fsp3) is 0.298. The van der Waals surface area contributed by atoms with E-state index in [1.165, 1.54) is 127 Å². The van der Waals surface area contributed by atoms with Crippen molar-refractivity contribution >= 4 is 43.6 Å². The number of nitrogens with zero attached hydrogens (tertiary/aromatic N) is 2. The van der Waals surface area contributed by atoms with E-state index in [-0.39, 0.29) is 5.41 Å². The average molecular weight is 769 g/mol. The van der Waals surface area contributed by atoms with Gasteiger partial charge in [-0.2, -0.15) is 0 Å². The van der Waals surface area contributed by atoms with Gasteiger partial charge in [-0.25, -0.2) is 0 Å². The van der Waals surface area contributed by atoms with Crippen LogP contribution in [-0.4, -0.2) is 9.13 Å². The summed E-state index contributed by atoms with van der Waals surface area (Å²) in [5.74, 6) is 5.77. The fourth-order valence-electron chi connectivity index (χ4n) is 10.4. The predicted octanol–water partition coefficient (Wildman–Crippen LogP) is 15.4. The lowest BCUT2D eigenvalue weighted by molar-refractivity contribution is 0.414. The molecule has 0 spiro atoms. The zero-order valence-electron chi connectivity index (χ0n) is 35.4. The molecule has 6 aromatic carbocycles. The molecular formula is C57H56N2. The molecule has 1 aliphatic rings. The minimum Gasteiger partial charge on any atom is -0.340 e. The lowest BCUT2D eigenvalue weighted by atomic mass is 9.70. The third-order valence-corrected chi connectivity index (χ3v) is 13.5. The SMILES string of the molecule is C#Cc1ccc2c(c1)c1cc(-c3ccc4c(c3)-c3cc(-c5ccc6c(c5)c5cc(C#C)ccc5n6CCCC)ccc3C4(CCCC)CCCC)ccc1n2CCCC. The molecule has 8 aromatic rings. The molecule has 0 radical (unpaired) electrons. The molecule has 2 nitrogen and oxygen atoms in total. The molecule has 2 aromatic heterocycles. The van der Waals surface area contributed by atoms with Crippen molar-refractivity contribution in [3.63, 3.8) is 0 Å². The van der Waals surface area contributed by atoms with Crippen LogP contribution in [0, 0.1) is 24.7 Å². The van der Waals surface area contributed by atoms with E-state index in [9.17, 15) is 0 Å². The monoisotopic (exact) mass is 768 g/mol. The van der Waals surface area contributed by atoms with E-state index >= 15 is 0 Å². The van der Waals surface area contributed by atoms with Crippen LogP contribution in [0.1, 0.15) is 114 Å². The summed E-state index contributed by atoms with van der Waals surface area (Å²) in [5.41, 5.74) is 17.7. The van der Waals surface area contributed by atoms with Crippen LogP contribution < -0.4 is 0 Å². The fourth-order valence-corrected chi connectivity index (χ4v) is 10.4. The zero-order chi connectivity index (χ0) is 40.7. The molecule has 9 rings (SSSR count). The van der Waals surface area contributed by atoms with Crippen LogP contribution in [-0.2, 0) is 18.5 Å². The van der Waals surface area contributed by atoms with Gasteiger partial charge in [0.05, 0.1) is 0 Å². The highest BCUT2D eigenvalue weighted by Crippen LogP contribution is 2.56. The Balaban J connectivity index is 1.21. The molecule has 0 amide bonds. The second-order valence-corrected chi connectivity index (χ2v) is 17.0. The highest BCUT2D eigenvalue weighted by molar-refractivity contribution is 6.11. The molecule has 0 unspecified atom stereocenters. The standard InChI is InChI=1S/C57H56N2/c1-7-13-29-57(30-14-8-2)51-23-19-41(43-21-27-55-49(37-43)47-33-39(11-5)17-25-53(47)58(55)31-15-9-3)35-45(51)46-36-42(20-24-52(46)57)44-22-28-56-50(38-44)48-34-40(12-6)18-26-54(48)59(56)32-16-10-4/h5-6,17-28,33-38H,7-10,13-16,29-32H2,1-4H3. The van der Waals surface area contributed by atoms with Crippen molar-refractivity contribution in [3.8, 4) is 58.1 Å². The van der Waals surface area contributed by atoms with Gasteiger partial charge in [-0.3, -0.25) is 0 Å². The van der Waals surface area contributed by atoms with Crippen molar-refractivity contribution in [2.45, 2.75) is 110 Å². The second kappa shape index (κ2) is 16.0. The first-order chi connectivity index (χ1) is 29.0. The molecule has 2 heteroatoms. The number of benzene rings is 6. The number of unbranched alkanes of at least 4 members (excludes halogenated alkanes) is 4. The molecular weight excluding hydrogens is 713 g/mol. The highest BCUT2D eigenvalue weighted by atomic mass is 15.0. The quantitative estimate of drug-likeness (QED) is 0.0975. The van der Waals surface area contributed by atoms with Gasteiger partial charge in [0.25, 0.3) is 0 Å². The van der Waals surface area contributed by atoms with Gasteiger partial charge in [0.1, 0.15) is 0 Å². The molecule has 294 valence electrons. The summed E-state index contributed by atoms with van der Waals surface area (Å²) in [6, 6.07) is 41.9. The number of aromatic nitrogens is 2. The van der Waals surface area contributed by atoms with Crippen LogP contribution in [0.3, 0.4) is 0 Å². The molecule has 0 fully saturated rings.